The minimum absolute atomic E-state index is 0.693. The third-order valence-electron chi connectivity index (χ3n) is 3.28. The summed E-state index contributed by atoms with van der Waals surface area (Å²) in [6.45, 7) is 5.00. The van der Waals surface area contributed by atoms with Crippen LogP contribution in [0.15, 0.2) is 24.3 Å². The van der Waals surface area contributed by atoms with Crippen LogP contribution in [0.2, 0.25) is 0 Å². The van der Waals surface area contributed by atoms with Crippen molar-refractivity contribution >= 4 is 16.7 Å². The number of aromatic amines is 1. The Kier molecular flexibility index (Phi) is 2.74. The number of aryl methyl sites for hydroxylation is 2. The standard InChI is InChI=1S/C14H17N5/c1-3-9-8-12(19(4-2)18-9)14-16-11-7-5-6-10(15)13(11)17-14/h5-8H,3-4,15H2,1-2H3,(H,16,17). The van der Waals surface area contributed by atoms with E-state index in [4.69, 9.17) is 5.73 Å². The highest BCUT2D eigenvalue weighted by Crippen LogP contribution is 2.24. The van der Waals surface area contributed by atoms with E-state index in [-0.39, 0.29) is 0 Å². The van der Waals surface area contributed by atoms with Crippen molar-refractivity contribution in [3.05, 3.63) is 30.0 Å². The lowest BCUT2D eigenvalue weighted by Gasteiger charge is -2.00. The monoisotopic (exact) mass is 255 g/mol. The van der Waals surface area contributed by atoms with Crippen molar-refractivity contribution in [2.24, 2.45) is 0 Å². The number of H-pyrrole nitrogens is 1. The maximum Gasteiger partial charge on any atom is 0.156 e. The summed E-state index contributed by atoms with van der Waals surface area (Å²) in [5.41, 5.74) is 10.5. The Morgan fingerprint density at radius 1 is 1.32 bits per heavy atom. The summed E-state index contributed by atoms with van der Waals surface area (Å²) in [7, 11) is 0. The highest BCUT2D eigenvalue weighted by Gasteiger charge is 2.13. The van der Waals surface area contributed by atoms with E-state index in [0.29, 0.717) is 5.69 Å². The van der Waals surface area contributed by atoms with Crippen LogP contribution in [-0.4, -0.2) is 19.7 Å². The van der Waals surface area contributed by atoms with Gasteiger partial charge in [-0.2, -0.15) is 5.10 Å². The van der Waals surface area contributed by atoms with Crippen LogP contribution in [0.3, 0.4) is 0 Å². The Labute approximate surface area is 111 Å². The summed E-state index contributed by atoms with van der Waals surface area (Å²) >= 11 is 0. The van der Waals surface area contributed by atoms with Crippen LogP contribution in [0.1, 0.15) is 19.5 Å². The molecule has 1 aromatic carbocycles. The van der Waals surface area contributed by atoms with Gasteiger partial charge in [-0.1, -0.05) is 13.0 Å². The molecule has 2 heterocycles. The van der Waals surface area contributed by atoms with Gasteiger partial charge in [0.1, 0.15) is 11.2 Å². The largest absolute Gasteiger partial charge is 0.397 e. The van der Waals surface area contributed by atoms with Crippen molar-refractivity contribution in [1.29, 1.82) is 0 Å². The molecule has 0 amide bonds. The number of rotatable bonds is 3. The predicted octanol–water partition coefficient (Wildman–Crippen LogP) is 2.59. The number of aromatic nitrogens is 4. The van der Waals surface area contributed by atoms with E-state index in [9.17, 15) is 0 Å². The predicted molar refractivity (Wildman–Crippen MR) is 76.8 cm³/mol. The Balaban J connectivity index is 2.18. The van der Waals surface area contributed by atoms with Gasteiger partial charge in [0.15, 0.2) is 5.82 Å². The molecule has 19 heavy (non-hydrogen) atoms. The van der Waals surface area contributed by atoms with Crippen LogP contribution in [-0.2, 0) is 13.0 Å². The topological polar surface area (TPSA) is 72.5 Å². The van der Waals surface area contributed by atoms with Crippen LogP contribution < -0.4 is 5.73 Å². The van der Waals surface area contributed by atoms with E-state index in [1.54, 1.807) is 0 Å². The highest BCUT2D eigenvalue weighted by atomic mass is 15.3. The fourth-order valence-corrected chi connectivity index (χ4v) is 2.25. The molecular formula is C14H17N5. The van der Waals surface area contributed by atoms with Crippen LogP contribution in [0.25, 0.3) is 22.6 Å². The lowest BCUT2D eigenvalue weighted by Crippen LogP contribution is -2.00. The zero-order chi connectivity index (χ0) is 13.4. The molecular weight excluding hydrogens is 238 g/mol. The van der Waals surface area contributed by atoms with E-state index in [2.05, 4.69) is 35.0 Å². The lowest BCUT2D eigenvalue weighted by molar-refractivity contribution is 0.653. The second-order valence-electron chi connectivity index (χ2n) is 4.52. The molecule has 3 aromatic rings. The summed E-state index contributed by atoms with van der Waals surface area (Å²) in [5, 5.41) is 4.54. The number of nitrogens with zero attached hydrogens (tertiary/aromatic N) is 3. The van der Waals surface area contributed by atoms with Gasteiger partial charge in [-0.3, -0.25) is 4.68 Å². The van der Waals surface area contributed by atoms with Gasteiger partial charge in [-0.05, 0) is 31.5 Å². The summed E-state index contributed by atoms with van der Waals surface area (Å²) < 4.78 is 1.97. The molecule has 0 bridgehead atoms. The number of benzene rings is 1. The number of imidazole rings is 1. The maximum absolute atomic E-state index is 5.94. The van der Waals surface area contributed by atoms with E-state index < -0.39 is 0 Å². The Bertz CT molecular complexity index is 723. The van der Waals surface area contributed by atoms with Gasteiger partial charge in [0.05, 0.1) is 16.9 Å². The summed E-state index contributed by atoms with van der Waals surface area (Å²) in [6.07, 6.45) is 0.919. The molecule has 3 N–H and O–H groups in total. The van der Waals surface area contributed by atoms with Crippen LogP contribution in [0.5, 0.6) is 0 Å². The SMILES string of the molecule is CCc1cc(-c2nc3c(N)cccc3[nH]2)n(CC)n1. The molecule has 0 spiro atoms. The van der Waals surface area contributed by atoms with Crippen LogP contribution in [0, 0.1) is 0 Å². The molecule has 0 atom stereocenters. The quantitative estimate of drug-likeness (QED) is 0.706. The molecule has 0 aliphatic carbocycles. The van der Waals surface area contributed by atoms with Gasteiger partial charge in [-0.25, -0.2) is 4.98 Å². The zero-order valence-electron chi connectivity index (χ0n) is 11.1. The Hall–Kier alpha value is -2.30. The number of hydrogen-bond acceptors (Lipinski definition) is 3. The van der Waals surface area contributed by atoms with Crippen LogP contribution in [0.4, 0.5) is 5.69 Å². The zero-order valence-corrected chi connectivity index (χ0v) is 11.1. The fourth-order valence-electron chi connectivity index (χ4n) is 2.25. The molecule has 5 heteroatoms. The number of hydrogen-bond donors (Lipinski definition) is 2. The minimum Gasteiger partial charge on any atom is -0.397 e. The second-order valence-corrected chi connectivity index (χ2v) is 4.52. The highest BCUT2D eigenvalue weighted by molar-refractivity contribution is 5.89. The third-order valence-corrected chi connectivity index (χ3v) is 3.28. The van der Waals surface area contributed by atoms with Gasteiger partial charge < -0.3 is 10.7 Å². The maximum atomic E-state index is 5.94. The first-order chi connectivity index (χ1) is 9.22. The number of fused-ring (bicyclic) bond motifs is 1. The number of nitrogen functional groups attached to an aromatic ring is 1. The average Bonchev–Trinajstić information content (AvgIpc) is 3.02. The number of nitrogens with one attached hydrogen (secondary N) is 1. The minimum atomic E-state index is 0.693. The lowest BCUT2D eigenvalue weighted by atomic mass is 10.3. The van der Waals surface area contributed by atoms with Crippen LogP contribution >= 0.6 is 0 Å². The molecule has 0 aliphatic rings. The smallest absolute Gasteiger partial charge is 0.156 e. The molecule has 0 radical (unpaired) electrons. The van der Waals surface area contributed by atoms with Gasteiger partial charge in [0.2, 0.25) is 0 Å². The van der Waals surface area contributed by atoms with E-state index in [0.717, 1.165) is 41.2 Å². The van der Waals surface area contributed by atoms with Crippen molar-refractivity contribution in [3.8, 4) is 11.5 Å². The normalized spacial score (nSPS) is 11.3. The third kappa shape index (κ3) is 1.87. The van der Waals surface area contributed by atoms with Gasteiger partial charge in [-0.15, -0.1) is 0 Å². The summed E-state index contributed by atoms with van der Waals surface area (Å²) in [6, 6.07) is 7.85. The molecule has 5 nitrogen and oxygen atoms in total. The molecule has 3 rings (SSSR count). The Morgan fingerprint density at radius 2 is 2.16 bits per heavy atom. The molecule has 0 unspecified atom stereocenters. The number of para-hydroxylation sites is 1. The van der Waals surface area contributed by atoms with Crippen molar-refractivity contribution < 1.29 is 0 Å². The molecule has 0 saturated carbocycles. The average molecular weight is 255 g/mol. The summed E-state index contributed by atoms with van der Waals surface area (Å²) in [5.74, 6) is 0.821. The molecule has 0 aliphatic heterocycles. The molecule has 0 fully saturated rings. The molecule has 2 aromatic heterocycles. The molecule has 0 saturated heterocycles. The van der Waals surface area contributed by atoms with Gasteiger partial charge >= 0.3 is 0 Å². The first-order valence-electron chi connectivity index (χ1n) is 6.54. The van der Waals surface area contributed by atoms with E-state index in [1.807, 2.05) is 22.9 Å². The van der Waals surface area contributed by atoms with Crippen molar-refractivity contribution in [2.75, 3.05) is 5.73 Å². The fraction of sp³-hybridized carbons (Fsp3) is 0.286. The first kappa shape index (κ1) is 11.8. The summed E-state index contributed by atoms with van der Waals surface area (Å²) in [4.78, 5) is 7.91. The van der Waals surface area contributed by atoms with E-state index in [1.165, 1.54) is 0 Å². The van der Waals surface area contributed by atoms with Gasteiger partial charge in [0.25, 0.3) is 0 Å². The number of nitrogens with two attached hydrogens (primary N) is 1. The molecule has 98 valence electrons. The van der Waals surface area contributed by atoms with E-state index >= 15 is 0 Å². The Morgan fingerprint density at radius 3 is 2.84 bits per heavy atom. The number of anilines is 1. The second kappa shape index (κ2) is 4.42. The first-order valence-corrected chi connectivity index (χ1v) is 6.54. The van der Waals surface area contributed by atoms with Crippen molar-refractivity contribution in [1.82, 2.24) is 19.7 Å². The van der Waals surface area contributed by atoms with Crippen molar-refractivity contribution in [2.45, 2.75) is 26.8 Å². The van der Waals surface area contributed by atoms with Crippen molar-refractivity contribution in [3.63, 3.8) is 0 Å². The van der Waals surface area contributed by atoms with Gasteiger partial charge in [0, 0.05) is 6.54 Å².